The van der Waals surface area contributed by atoms with Gasteiger partial charge in [-0.05, 0) is 44.7 Å². The van der Waals surface area contributed by atoms with Gasteiger partial charge in [-0.3, -0.25) is 9.59 Å². The van der Waals surface area contributed by atoms with Crippen molar-refractivity contribution < 1.29 is 19.8 Å². The van der Waals surface area contributed by atoms with Crippen LogP contribution in [0.25, 0.3) is 0 Å². The second-order valence-corrected chi connectivity index (χ2v) is 13.0. The molecule has 1 aromatic heterocycles. The normalized spacial score (nSPS) is 31.1. The number of anilines is 1. The number of nitrogens with one attached hydrogen (secondary N) is 2. The summed E-state index contributed by atoms with van der Waals surface area (Å²) in [6.07, 6.45) is 1.70. The number of fused-ring (bicyclic) bond motifs is 2. The number of aliphatic hydroxyl groups excluding tert-OH is 2. The summed E-state index contributed by atoms with van der Waals surface area (Å²) in [5.41, 5.74) is -0.629. The number of carbonyl (C=O) groups is 2. The second-order valence-electron chi connectivity index (χ2n) is 11.9. The number of hydrogen-bond acceptors (Lipinski definition) is 7. The van der Waals surface area contributed by atoms with Crippen molar-refractivity contribution in [1.82, 2.24) is 15.2 Å². The van der Waals surface area contributed by atoms with Crippen LogP contribution in [-0.2, 0) is 16.0 Å². The van der Waals surface area contributed by atoms with Gasteiger partial charge in [-0.25, -0.2) is 4.98 Å². The van der Waals surface area contributed by atoms with E-state index in [1.54, 1.807) is 0 Å². The van der Waals surface area contributed by atoms with Crippen LogP contribution in [0.4, 0.5) is 5.13 Å². The maximum absolute atomic E-state index is 13.0. The van der Waals surface area contributed by atoms with E-state index in [9.17, 15) is 19.8 Å². The number of aliphatic hydroxyl groups is 2. The molecule has 34 heavy (non-hydrogen) atoms. The molecule has 1 heterocycles. The molecule has 0 aromatic carbocycles. The van der Waals surface area contributed by atoms with Crippen LogP contribution < -0.4 is 10.6 Å². The fourth-order valence-corrected chi connectivity index (χ4v) is 6.72. The fraction of sp³-hybridized carbons (Fsp3) is 0.800. The van der Waals surface area contributed by atoms with Crippen molar-refractivity contribution in [1.29, 1.82) is 0 Å². The summed E-state index contributed by atoms with van der Waals surface area (Å²) in [6.45, 7) is 10.9. The SMILES string of the molecule is CN(C)CCNC(=O)CC1c2nc(NC(=O)C(C)(C)C)sc2CC2C(C)(CO)C(O)CCC12C. The number of rotatable bonds is 7. The lowest BCUT2D eigenvalue weighted by atomic mass is 9.47. The summed E-state index contributed by atoms with van der Waals surface area (Å²) in [7, 11) is 3.94. The van der Waals surface area contributed by atoms with E-state index < -0.39 is 16.9 Å². The molecule has 5 atom stereocenters. The number of carbonyl (C=O) groups excluding carboxylic acids is 2. The summed E-state index contributed by atoms with van der Waals surface area (Å²) in [5, 5.41) is 27.8. The van der Waals surface area contributed by atoms with E-state index in [2.05, 4.69) is 17.6 Å². The summed E-state index contributed by atoms with van der Waals surface area (Å²) in [5.74, 6) is -0.288. The molecule has 1 aromatic rings. The van der Waals surface area contributed by atoms with Crippen LogP contribution in [0, 0.1) is 22.2 Å². The average Bonchev–Trinajstić information content (AvgIpc) is 3.13. The zero-order valence-electron chi connectivity index (χ0n) is 21.7. The van der Waals surface area contributed by atoms with E-state index in [0.29, 0.717) is 30.9 Å². The highest BCUT2D eigenvalue weighted by Crippen LogP contribution is 2.62. The van der Waals surface area contributed by atoms with Gasteiger partial charge in [0.15, 0.2) is 5.13 Å². The van der Waals surface area contributed by atoms with Crippen LogP contribution in [0.2, 0.25) is 0 Å². The molecule has 2 aliphatic rings. The maximum atomic E-state index is 13.0. The second kappa shape index (κ2) is 9.84. The number of hydrogen-bond donors (Lipinski definition) is 4. The third kappa shape index (κ3) is 5.17. The Morgan fingerprint density at radius 3 is 2.53 bits per heavy atom. The molecule has 2 amide bonds. The molecule has 8 nitrogen and oxygen atoms in total. The van der Waals surface area contributed by atoms with E-state index >= 15 is 0 Å². The standard InChI is InChI=1S/C25H42N4O4S/c1-23(2,3)21(33)28-22-27-20-15(12-19(32)26-10-11-29(6)7)24(4)9-8-18(31)25(5,14-30)17(24)13-16(20)34-22/h15,17-18,30-31H,8-14H2,1-7H3,(H,26,32)(H,27,28,33). The zero-order chi connectivity index (χ0) is 25.5. The minimum absolute atomic E-state index is 0.00700. The van der Waals surface area contributed by atoms with Gasteiger partial charge in [0.1, 0.15) is 0 Å². The molecule has 0 saturated heterocycles. The first-order valence-electron chi connectivity index (χ1n) is 12.2. The van der Waals surface area contributed by atoms with Crippen molar-refractivity contribution in [3.63, 3.8) is 0 Å². The van der Waals surface area contributed by atoms with E-state index in [0.717, 1.165) is 23.5 Å². The van der Waals surface area contributed by atoms with Crippen molar-refractivity contribution in [2.75, 3.05) is 39.1 Å². The Morgan fingerprint density at radius 2 is 1.94 bits per heavy atom. The van der Waals surface area contributed by atoms with Gasteiger partial charge in [-0.2, -0.15) is 0 Å². The minimum Gasteiger partial charge on any atom is -0.396 e. The average molecular weight is 495 g/mol. The molecule has 0 bridgehead atoms. The molecule has 4 N–H and O–H groups in total. The molecule has 3 rings (SSSR count). The molecule has 1 fully saturated rings. The first-order chi connectivity index (χ1) is 15.7. The molecule has 192 valence electrons. The molecule has 1 saturated carbocycles. The minimum atomic E-state index is -0.664. The quantitative estimate of drug-likeness (QED) is 0.463. The molecule has 0 aliphatic heterocycles. The Labute approximate surface area is 207 Å². The highest BCUT2D eigenvalue weighted by atomic mass is 32.1. The molecule has 0 spiro atoms. The lowest BCUT2D eigenvalue weighted by Gasteiger charge is -2.58. The Bertz CT molecular complexity index is 911. The molecule has 5 unspecified atom stereocenters. The Morgan fingerprint density at radius 1 is 1.26 bits per heavy atom. The molecule has 2 aliphatic carbocycles. The lowest BCUT2D eigenvalue weighted by Crippen LogP contribution is -2.57. The van der Waals surface area contributed by atoms with Gasteiger partial charge >= 0.3 is 0 Å². The van der Waals surface area contributed by atoms with Gasteiger partial charge in [0.25, 0.3) is 0 Å². The van der Waals surface area contributed by atoms with E-state index in [1.807, 2.05) is 46.7 Å². The molecular formula is C25H42N4O4S. The Hall–Kier alpha value is -1.55. The molecule has 9 heteroatoms. The maximum Gasteiger partial charge on any atom is 0.231 e. The van der Waals surface area contributed by atoms with E-state index in [1.165, 1.54) is 11.3 Å². The van der Waals surface area contributed by atoms with Crippen molar-refractivity contribution in [3.05, 3.63) is 10.6 Å². The third-order valence-electron chi connectivity index (χ3n) is 8.07. The smallest absolute Gasteiger partial charge is 0.231 e. The van der Waals surface area contributed by atoms with Crippen molar-refractivity contribution in [2.45, 2.75) is 72.3 Å². The van der Waals surface area contributed by atoms with Gasteiger partial charge in [0.05, 0.1) is 18.4 Å². The summed E-state index contributed by atoms with van der Waals surface area (Å²) < 4.78 is 0. The van der Waals surface area contributed by atoms with E-state index in [4.69, 9.17) is 4.98 Å². The molecule has 0 radical (unpaired) electrons. The monoisotopic (exact) mass is 494 g/mol. The highest BCUT2D eigenvalue weighted by molar-refractivity contribution is 7.15. The largest absolute Gasteiger partial charge is 0.396 e. The summed E-state index contributed by atoms with van der Waals surface area (Å²) >= 11 is 1.45. The number of nitrogens with zero attached hydrogens (tertiary/aromatic N) is 2. The Kier molecular flexibility index (Phi) is 7.82. The summed E-state index contributed by atoms with van der Waals surface area (Å²) in [4.78, 5) is 33.5. The van der Waals surface area contributed by atoms with Crippen LogP contribution >= 0.6 is 11.3 Å². The van der Waals surface area contributed by atoms with Crippen molar-refractivity contribution in [2.24, 2.45) is 22.2 Å². The van der Waals surface area contributed by atoms with Gasteiger partial charge in [0.2, 0.25) is 11.8 Å². The van der Waals surface area contributed by atoms with Crippen LogP contribution in [0.15, 0.2) is 0 Å². The Balaban J connectivity index is 1.97. The van der Waals surface area contributed by atoms with Crippen LogP contribution in [0.1, 0.15) is 70.4 Å². The number of thiazole rings is 1. The van der Waals surface area contributed by atoms with Crippen LogP contribution in [-0.4, -0.2) is 71.8 Å². The number of amides is 2. The molecular weight excluding hydrogens is 452 g/mol. The van der Waals surface area contributed by atoms with E-state index in [-0.39, 0.29) is 35.7 Å². The summed E-state index contributed by atoms with van der Waals surface area (Å²) in [6, 6.07) is 0. The van der Waals surface area contributed by atoms with Crippen LogP contribution in [0.5, 0.6) is 0 Å². The lowest BCUT2D eigenvalue weighted by molar-refractivity contribution is -0.144. The third-order valence-corrected chi connectivity index (χ3v) is 9.07. The fourth-order valence-electron chi connectivity index (χ4n) is 5.66. The van der Waals surface area contributed by atoms with Gasteiger partial charge in [0, 0.05) is 41.1 Å². The topological polar surface area (TPSA) is 115 Å². The zero-order valence-corrected chi connectivity index (χ0v) is 22.5. The van der Waals surface area contributed by atoms with Gasteiger partial charge in [-0.15, -0.1) is 11.3 Å². The van der Waals surface area contributed by atoms with Gasteiger partial charge < -0.3 is 25.7 Å². The van der Waals surface area contributed by atoms with Gasteiger partial charge in [-0.1, -0.05) is 34.6 Å². The predicted octanol–water partition coefficient (Wildman–Crippen LogP) is 2.61. The number of likely N-dealkylation sites (N-methyl/N-ethyl adjacent to an activating group) is 1. The first-order valence-corrected chi connectivity index (χ1v) is 13.1. The van der Waals surface area contributed by atoms with Crippen molar-refractivity contribution in [3.8, 4) is 0 Å². The highest BCUT2D eigenvalue weighted by Gasteiger charge is 2.59. The van der Waals surface area contributed by atoms with Crippen LogP contribution in [0.3, 0.4) is 0 Å². The first kappa shape index (κ1) is 27.0. The predicted molar refractivity (Wildman–Crippen MR) is 135 cm³/mol. The number of aromatic nitrogens is 1. The van der Waals surface area contributed by atoms with Crippen molar-refractivity contribution >= 4 is 28.3 Å².